The zero-order valence-corrected chi connectivity index (χ0v) is 8.65. The van der Waals surface area contributed by atoms with E-state index in [1.165, 1.54) is 0 Å². The number of ketones is 1. The first-order valence-electron chi connectivity index (χ1n) is 5.25. The van der Waals surface area contributed by atoms with Gasteiger partial charge in [-0.25, -0.2) is 0 Å². The molecule has 1 aromatic rings. The molecule has 15 heavy (non-hydrogen) atoms. The molecule has 0 bridgehead atoms. The van der Waals surface area contributed by atoms with Gasteiger partial charge in [-0.05, 0) is 12.8 Å². The van der Waals surface area contributed by atoms with E-state index in [1.807, 2.05) is 42.5 Å². The summed E-state index contributed by atoms with van der Waals surface area (Å²) >= 11 is 0. The van der Waals surface area contributed by atoms with Crippen molar-refractivity contribution >= 4 is 5.78 Å². The van der Waals surface area contributed by atoms with Crippen molar-refractivity contribution in [3.8, 4) is 0 Å². The number of benzene rings is 1. The molecule has 0 N–H and O–H groups in total. The first-order chi connectivity index (χ1) is 7.33. The van der Waals surface area contributed by atoms with Gasteiger partial charge in [-0.3, -0.25) is 4.79 Å². The molecular weight excluding hydrogens is 184 g/mol. The van der Waals surface area contributed by atoms with Crippen molar-refractivity contribution in [2.75, 3.05) is 0 Å². The van der Waals surface area contributed by atoms with Crippen LogP contribution in [-0.2, 0) is 0 Å². The van der Waals surface area contributed by atoms with Gasteiger partial charge in [0, 0.05) is 17.1 Å². The quantitative estimate of drug-likeness (QED) is 0.537. The van der Waals surface area contributed by atoms with E-state index in [0.29, 0.717) is 0 Å². The average Bonchev–Trinajstić information content (AvgIpc) is 2.77. The molecular formula is C14H14O. The van der Waals surface area contributed by atoms with Crippen LogP contribution in [0.4, 0.5) is 0 Å². The second kappa shape index (κ2) is 4.26. The van der Waals surface area contributed by atoms with Gasteiger partial charge in [0.25, 0.3) is 0 Å². The maximum Gasteiger partial charge on any atom is 0.189 e. The molecule has 0 aliphatic heterocycles. The molecule has 76 valence electrons. The Labute approximate surface area is 90.1 Å². The van der Waals surface area contributed by atoms with Crippen LogP contribution in [-0.4, -0.2) is 5.78 Å². The molecule has 1 aliphatic rings. The van der Waals surface area contributed by atoms with Crippen LogP contribution in [0, 0.1) is 5.92 Å². The minimum atomic E-state index is 0.151. The first kappa shape index (κ1) is 9.91. The molecule has 0 heterocycles. The van der Waals surface area contributed by atoms with Crippen molar-refractivity contribution in [2.45, 2.75) is 12.8 Å². The van der Waals surface area contributed by atoms with E-state index in [-0.39, 0.29) is 11.7 Å². The lowest BCUT2D eigenvalue weighted by Gasteiger charge is -2.08. The minimum absolute atomic E-state index is 0.151. The maximum atomic E-state index is 12.1. The van der Waals surface area contributed by atoms with Gasteiger partial charge in [0.05, 0.1) is 0 Å². The van der Waals surface area contributed by atoms with Crippen LogP contribution in [0.25, 0.3) is 0 Å². The van der Waals surface area contributed by atoms with Crippen molar-refractivity contribution in [1.82, 2.24) is 0 Å². The van der Waals surface area contributed by atoms with E-state index >= 15 is 0 Å². The Hall–Kier alpha value is -1.63. The fraction of sp³-hybridized carbons (Fsp3) is 0.214. The van der Waals surface area contributed by atoms with E-state index in [4.69, 9.17) is 0 Å². The fourth-order valence-electron chi connectivity index (χ4n) is 1.99. The van der Waals surface area contributed by atoms with E-state index in [9.17, 15) is 4.79 Å². The van der Waals surface area contributed by atoms with Gasteiger partial charge in [-0.1, -0.05) is 42.5 Å². The zero-order valence-electron chi connectivity index (χ0n) is 8.65. The third-order valence-corrected chi connectivity index (χ3v) is 2.82. The zero-order chi connectivity index (χ0) is 10.7. The lowest BCUT2D eigenvalue weighted by molar-refractivity contribution is 0.102. The summed E-state index contributed by atoms with van der Waals surface area (Å²) in [5.41, 5.74) is 1.69. The van der Waals surface area contributed by atoms with Crippen LogP contribution < -0.4 is 0 Å². The van der Waals surface area contributed by atoms with Gasteiger partial charge in [0.2, 0.25) is 0 Å². The number of rotatable bonds is 3. The smallest absolute Gasteiger partial charge is 0.189 e. The molecule has 1 aromatic carbocycles. The van der Waals surface area contributed by atoms with Crippen LogP contribution in [0.3, 0.4) is 0 Å². The molecule has 0 saturated carbocycles. The van der Waals surface area contributed by atoms with Crippen molar-refractivity contribution < 1.29 is 4.79 Å². The highest BCUT2D eigenvalue weighted by atomic mass is 16.1. The third kappa shape index (κ3) is 1.91. The largest absolute Gasteiger partial charge is 0.289 e. The molecule has 0 fully saturated rings. The van der Waals surface area contributed by atoms with E-state index in [2.05, 4.69) is 6.58 Å². The van der Waals surface area contributed by atoms with Gasteiger partial charge in [0.15, 0.2) is 5.78 Å². The average molecular weight is 198 g/mol. The second-order valence-electron chi connectivity index (χ2n) is 3.77. The Morgan fingerprint density at radius 1 is 1.33 bits per heavy atom. The Morgan fingerprint density at radius 2 is 2.07 bits per heavy atom. The van der Waals surface area contributed by atoms with Crippen LogP contribution in [0.15, 0.2) is 54.6 Å². The fourth-order valence-corrected chi connectivity index (χ4v) is 1.99. The summed E-state index contributed by atoms with van der Waals surface area (Å²) in [6.45, 7) is 3.78. The number of allylic oxidation sites excluding steroid dienone is 3. The molecule has 1 heteroatoms. The maximum absolute atomic E-state index is 12.1. The number of carbonyl (C=O) groups is 1. The van der Waals surface area contributed by atoms with Gasteiger partial charge in [-0.2, -0.15) is 0 Å². The molecule has 0 spiro atoms. The Balaban J connectivity index is 2.26. The normalized spacial score (nSPS) is 19.7. The van der Waals surface area contributed by atoms with Gasteiger partial charge < -0.3 is 0 Å². The molecule has 2 rings (SSSR count). The summed E-state index contributed by atoms with van der Waals surface area (Å²) in [7, 11) is 0. The lowest BCUT2D eigenvalue weighted by Crippen LogP contribution is -2.08. The monoisotopic (exact) mass is 198 g/mol. The highest BCUT2D eigenvalue weighted by Crippen LogP contribution is 2.29. The Morgan fingerprint density at radius 3 is 2.73 bits per heavy atom. The molecule has 0 radical (unpaired) electrons. The second-order valence-corrected chi connectivity index (χ2v) is 3.77. The van der Waals surface area contributed by atoms with Crippen molar-refractivity contribution in [2.24, 2.45) is 5.92 Å². The molecule has 1 atom stereocenters. The highest BCUT2D eigenvalue weighted by Gasteiger charge is 2.22. The van der Waals surface area contributed by atoms with E-state index in [1.54, 1.807) is 0 Å². The number of Topliss-reactive ketones (excluding diaryl/α,β-unsaturated/α-hetero) is 1. The summed E-state index contributed by atoms with van der Waals surface area (Å²) in [5.74, 6) is 0.399. The molecule has 0 amide bonds. The molecule has 1 unspecified atom stereocenters. The Bertz CT molecular complexity index is 401. The Kier molecular flexibility index (Phi) is 2.82. The third-order valence-electron chi connectivity index (χ3n) is 2.82. The summed E-state index contributed by atoms with van der Waals surface area (Å²) in [4.78, 5) is 12.1. The summed E-state index contributed by atoms with van der Waals surface area (Å²) in [6, 6.07) is 9.44. The van der Waals surface area contributed by atoms with Crippen molar-refractivity contribution in [1.29, 1.82) is 0 Å². The topological polar surface area (TPSA) is 17.1 Å². The number of carbonyl (C=O) groups excluding carboxylic acids is 1. The van der Waals surface area contributed by atoms with Crippen molar-refractivity contribution in [3.63, 3.8) is 0 Å². The lowest BCUT2D eigenvalue weighted by atomic mass is 9.94. The molecule has 0 saturated heterocycles. The SMILES string of the molecule is C=CC1CCC=C1C(=O)c1ccccc1. The molecule has 1 aliphatic carbocycles. The predicted octanol–water partition coefficient (Wildman–Crippen LogP) is 3.39. The van der Waals surface area contributed by atoms with Crippen molar-refractivity contribution in [3.05, 3.63) is 60.2 Å². The van der Waals surface area contributed by atoms with Crippen LogP contribution in [0.2, 0.25) is 0 Å². The van der Waals surface area contributed by atoms with Gasteiger partial charge >= 0.3 is 0 Å². The van der Waals surface area contributed by atoms with Crippen LogP contribution in [0.1, 0.15) is 23.2 Å². The van der Waals surface area contributed by atoms with Gasteiger partial charge in [-0.15, -0.1) is 6.58 Å². The standard InChI is InChI=1S/C14H14O/c1-2-11-9-6-10-13(11)14(15)12-7-4-3-5-8-12/h2-5,7-8,10-11H,1,6,9H2. The van der Waals surface area contributed by atoms with Crippen LogP contribution >= 0.6 is 0 Å². The predicted molar refractivity (Wildman–Crippen MR) is 61.8 cm³/mol. The molecule has 0 aromatic heterocycles. The van der Waals surface area contributed by atoms with E-state index < -0.39 is 0 Å². The summed E-state index contributed by atoms with van der Waals surface area (Å²) < 4.78 is 0. The van der Waals surface area contributed by atoms with E-state index in [0.717, 1.165) is 24.0 Å². The summed E-state index contributed by atoms with van der Waals surface area (Å²) in [5, 5.41) is 0. The number of hydrogen-bond donors (Lipinski definition) is 0. The first-order valence-corrected chi connectivity index (χ1v) is 5.25. The highest BCUT2D eigenvalue weighted by molar-refractivity contribution is 6.09. The summed E-state index contributed by atoms with van der Waals surface area (Å²) in [6.07, 6.45) is 5.93. The number of hydrogen-bond acceptors (Lipinski definition) is 1. The minimum Gasteiger partial charge on any atom is -0.289 e. The van der Waals surface area contributed by atoms with Crippen LogP contribution in [0.5, 0.6) is 0 Å². The van der Waals surface area contributed by atoms with Gasteiger partial charge in [0.1, 0.15) is 0 Å². The molecule has 1 nitrogen and oxygen atoms in total.